The molecule has 3 rings (SSSR count). The molecule has 7 heteroatoms. The van der Waals surface area contributed by atoms with Gasteiger partial charge in [0.15, 0.2) is 0 Å². The molecule has 1 aromatic carbocycles. The molecule has 0 bridgehead atoms. The number of nitrogens with one attached hydrogen (secondary N) is 1. The zero-order chi connectivity index (χ0) is 18.9. The van der Waals surface area contributed by atoms with Crippen LogP contribution in [0.25, 0.3) is 10.9 Å². The van der Waals surface area contributed by atoms with Crippen molar-refractivity contribution >= 4 is 44.5 Å². The van der Waals surface area contributed by atoms with Crippen LogP contribution in [-0.2, 0) is 4.74 Å². The Morgan fingerprint density at radius 2 is 1.85 bits per heavy atom. The van der Waals surface area contributed by atoms with Crippen molar-refractivity contribution in [2.24, 2.45) is 0 Å². The molecule has 134 valence electrons. The van der Waals surface area contributed by atoms with Crippen LogP contribution in [0.15, 0.2) is 53.4 Å². The second-order valence-electron chi connectivity index (χ2n) is 6.74. The maximum absolute atomic E-state index is 12.7. The summed E-state index contributed by atoms with van der Waals surface area (Å²) in [5.74, 6) is -0.318. The number of rotatable bonds is 2. The van der Waals surface area contributed by atoms with E-state index in [0.29, 0.717) is 22.2 Å². The van der Waals surface area contributed by atoms with Gasteiger partial charge in [-0.2, -0.15) is 0 Å². The first kappa shape index (κ1) is 18.1. The van der Waals surface area contributed by atoms with Crippen LogP contribution in [0.3, 0.4) is 0 Å². The molecule has 3 aromatic rings. The van der Waals surface area contributed by atoms with Crippen LogP contribution in [-0.4, -0.2) is 27.2 Å². The highest BCUT2D eigenvalue weighted by atomic mass is 79.9. The number of amides is 1. The summed E-state index contributed by atoms with van der Waals surface area (Å²) in [6, 6.07) is 8.78. The van der Waals surface area contributed by atoms with E-state index in [9.17, 15) is 9.59 Å². The Morgan fingerprint density at radius 3 is 2.50 bits per heavy atom. The Morgan fingerprint density at radius 1 is 1.15 bits per heavy atom. The van der Waals surface area contributed by atoms with Crippen LogP contribution >= 0.6 is 15.9 Å². The van der Waals surface area contributed by atoms with Crippen LogP contribution in [0.5, 0.6) is 0 Å². The summed E-state index contributed by atoms with van der Waals surface area (Å²) in [5, 5.41) is 3.46. The third-order valence-corrected chi connectivity index (χ3v) is 4.03. The van der Waals surface area contributed by atoms with E-state index in [4.69, 9.17) is 4.74 Å². The molecule has 26 heavy (non-hydrogen) atoms. The normalized spacial score (nSPS) is 11.4. The Hall–Kier alpha value is -2.67. The van der Waals surface area contributed by atoms with Crippen LogP contribution in [0.1, 0.15) is 31.1 Å². The van der Waals surface area contributed by atoms with Gasteiger partial charge in [-0.1, -0.05) is 15.9 Å². The Balaban J connectivity index is 2.03. The summed E-state index contributed by atoms with van der Waals surface area (Å²) in [5.41, 5.74) is 0.965. The number of aromatic nitrogens is 2. The van der Waals surface area contributed by atoms with Crippen LogP contribution in [0, 0.1) is 0 Å². The minimum atomic E-state index is -0.636. The van der Waals surface area contributed by atoms with Crippen molar-refractivity contribution in [3.05, 3.63) is 59.0 Å². The lowest BCUT2D eigenvalue weighted by Crippen LogP contribution is -2.26. The smallest absolute Gasteiger partial charge is 0.419 e. The molecule has 0 spiro atoms. The maximum atomic E-state index is 12.7. The van der Waals surface area contributed by atoms with Gasteiger partial charge in [-0.3, -0.25) is 14.3 Å². The number of hydrogen-bond donors (Lipinski definition) is 1. The van der Waals surface area contributed by atoms with Gasteiger partial charge in [0.1, 0.15) is 5.60 Å². The van der Waals surface area contributed by atoms with E-state index >= 15 is 0 Å². The molecule has 6 nitrogen and oxygen atoms in total. The van der Waals surface area contributed by atoms with Crippen molar-refractivity contribution in [2.45, 2.75) is 26.4 Å². The Labute approximate surface area is 159 Å². The summed E-state index contributed by atoms with van der Waals surface area (Å²) in [7, 11) is 0. The van der Waals surface area contributed by atoms with E-state index in [2.05, 4.69) is 26.2 Å². The van der Waals surface area contributed by atoms with Gasteiger partial charge in [0.05, 0.1) is 11.1 Å². The standard InChI is InChI=1S/C19H18BrN3O3/c1-19(2,3)26-18(25)23-11-15(14-10-12(20)4-5-16(14)23)17(24)22-13-6-8-21-9-7-13/h4-11H,1-3H3,(H,21,22,24). The third kappa shape index (κ3) is 3.94. The molecule has 0 radical (unpaired) electrons. The van der Waals surface area contributed by atoms with Gasteiger partial charge in [-0.25, -0.2) is 4.79 Å². The van der Waals surface area contributed by atoms with Crippen molar-refractivity contribution in [1.29, 1.82) is 0 Å². The Bertz CT molecular complexity index is 975. The number of halogens is 1. The number of benzene rings is 1. The van der Waals surface area contributed by atoms with E-state index in [1.54, 1.807) is 57.4 Å². The SMILES string of the molecule is CC(C)(C)OC(=O)n1cc(C(=O)Nc2ccncc2)c2cc(Br)ccc21. The average molecular weight is 416 g/mol. The van der Waals surface area contributed by atoms with E-state index in [-0.39, 0.29) is 5.91 Å². The van der Waals surface area contributed by atoms with Gasteiger partial charge in [0.2, 0.25) is 0 Å². The zero-order valence-electron chi connectivity index (χ0n) is 14.6. The summed E-state index contributed by atoms with van der Waals surface area (Å²) in [4.78, 5) is 29.2. The summed E-state index contributed by atoms with van der Waals surface area (Å²) < 4.78 is 7.61. The van der Waals surface area contributed by atoms with Gasteiger partial charge in [0, 0.05) is 34.1 Å². The van der Waals surface area contributed by atoms with Crippen molar-refractivity contribution in [2.75, 3.05) is 5.32 Å². The number of anilines is 1. The number of fused-ring (bicyclic) bond motifs is 1. The lowest BCUT2D eigenvalue weighted by Gasteiger charge is -2.19. The molecule has 0 fully saturated rings. The molecule has 0 unspecified atom stereocenters. The third-order valence-electron chi connectivity index (χ3n) is 3.54. The molecule has 0 aliphatic heterocycles. The van der Waals surface area contributed by atoms with E-state index in [1.165, 1.54) is 10.8 Å². The van der Waals surface area contributed by atoms with Crippen molar-refractivity contribution < 1.29 is 14.3 Å². The molecule has 0 aliphatic rings. The van der Waals surface area contributed by atoms with E-state index in [0.717, 1.165) is 4.47 Å². The number of ether oxygens (including phenoxy) is 1. The summed E-state index contributed by atoms with van der Waals surface area (Å²) in [6.07, 6.45) is 4.15. The monoisotopic (exact) mass is 415 g/mol. The number of hydrogen-bond acceptors (Lipinski definition) is 4. The predicted molar refractivity (Wildman–Crippen MR) is 103 cm³/mol. The first-order valence-corrected chi connectivity index (χ1v) is 8.79. The van der Waals surface area contributed by atoms with Gasteiger partial charge < -0.3 is 10.1 Å². The second kappa shape index (κ2) is 6.92. The maximum Gasteiger partial charge on any atom is 0.419 e. The van der Waals surface area contributed by atoms with Crippen molar-refractivity contribution in [3.63, 3.8) is 0 Å². The molecule has 1 N–H and O–H groups in total. The van der Waals surface area contributed by atoms with E-state index < -0.39 is 11.7 Å². The number of pyridine rings is 1. The average Bonchev–Trinajstić information content (AvgIpc) is 2.93. The molecule has 0 aliphatic carbocycles. The number of carbonyl (C=O) groups excluding carboxylic acids is 2. The molecule has 0 atom stereocenters. The summed E-state index contributed by atoms with van der Waals surface area (Å²) >= 11 is 3.41. The molecule has 0 saturated heterocycles. The van der Waals surface area contributed by atoms with E-state index in [1.807, 2.05) is 6.07 Å². The van der Waals surface area contributed by atoms with Crippen LogP contribution in [0.4, 0.5) is 10.5 Å². The molecular weight excluding hydrogens is 398 g/mol. The fraction of sp³-hybridized carbons (Fsp3) is 0.211. The van der Waals surface area contributed by atoms with Crippen molar-refractivity contribution in [1.82, 2.24) is 9.55 Å². The highest BCUT2D eigenvalue weighted by molar-refractivity contribution is 9.10. The lowest BCUT2D eigenvalue weighted by molar-refractivity contribution is 0.0544. The predicted octanol–water partition coefficient (Wildman–Crippen LogP) is 4.83. The van der Waals surface area contributed by atoms with Crippen LogP contribution < -0.4 is 5.32 Å². The molecule has 2 aromatic heterocycles. The number of carbonyl (C=O) groups is 2. The quantitative estimate of drug-likeness (QED) is 0.649. The zero-order valence-corrected chi connectivity index (χ0v) is 16.2. The fourth-order valence-electron chi connectivity index (χ4n) is 2.48. The minimum absolute atomic E-state index is 0.318. The highest BCUT2D eigenvalue weighted by Gasteiger charge is 2.23. The first-order chi connectivity index (χ1) is 12.2. The van der Waals surface area contributed by atoms with Gasteiger partial charge in [0.25, 0.3) is 5.91 Å². The summed E-state index contributed by atoms with van der Waals surface area (Å²) in [6.45, 7) is 5.39. The second-order valence-corrected chi connectivity index (χ2v) is 7.66. The molecule has 2 heterocycles. The van der Waals surface area contributed by atoms with Gasteiger partial charge in [-0.05, 0) is 51.1 Å². The van der Waals surface area contributed by atoms with Gasteiger partial charge in [-0.15, -0.1) is 0 Å². The fourth-order valence-corrected chi connectivity index (χ4v) is 2.84. The highest BCUT2D eigenvalue weighted by Crippen LogP contribution is 2.27. The Kier molecular flexibility index (Phi) is 4.82. The largest absolute Gasteiger partial charge is 0.443 e. The topological polar surface area (TPSA) is 73.2 Å². The van der Waals surface area contributed by atoms with Crippen molar-refractivity contribution in [3.8, 4) is 0 Å². The minimum Gasteiger partial charge on any atom is -0.443 e. The number of nitrogens with zero attached hydrogens (tertiary/aromatic N) is 2. The van der Waals surface area contributed by atoms with Gasteiger partial charge >= 0.3 is 6.09 Å². The molecule has 0 saturated carbocycles. The lowest BCUT2D eigenvalue weighted by atomic mass is 10.1. The van der Waals surface area contributed by atoms with Crippen LogP contribution in [0.2, 0.25) is 0 Å². The first-order valence-electron chi connectivity index (χ1n) is 8.00. The molecule has 1 amide bonds. The molecular formula is C19H18BrN3O3.